The van der Waals surface area contributed by atoms with Crippen LogP contribution in [0.15, 0.2) is 18.2 Å². The Morgan fingerprint density at radius 2 is 2.07 bits per heavy atom. The van der Waals surface area contributed by atoms with Crippen LogP contribution in [0, 0.1) is 6.92 Å². The topological polar surface area (TPSA) is 32.3 Å². The van der Waals surface area contributed by atoms with Crippen molar-refractivity contribution in [1.29, 1.82) is 0 Å². The van der Waals surface area contributed by atoms with Crippen LogP contribution < -0.4 is 5.32 Å². The van der Waals surface area contributed by atoms with Gasteiger partial charge in [0.25, 0.3) is 0 Å². The van der Waals surface area contributed by atoms with E-state index in [0.29, 0.717) is 6.42 Å². The van der Waals surface area contributed by atoms with Gasteiger partial charge in [-0.25, -0.2) is 0 Å². The summed E-state index contributed by atoms with van der Waals surface area (Å²) < 4.78 is 0. The van der Waals surface area contributed by atoms with Crippen LogP contribution in [0.3, 0.4) is 0 Å². The molecular formula is C12H18ClNO. The van der Waals surface area contributed by atoms with Crippen molar-refractivity contribution in [3.05, 3.63) is 28.8 Å². The third-order valence-electron chi connectivity index (χ3n) is 2.32. The summed E-state index contributed by atoms with van der Waals surface area (Å²) in [6.07, 6.45) is 0.707. The van der Waals surface area contributed by atoms with Crippen molar-refractivity contribution < 1.29 is 5.11 Å². The smallest absolute Gasteiger partial charge is 0.0608 e. The molecule has 1 aromatic rings. The Balaban J connectivity index is 2.55. The van der Waals surface area contributed by atoms with E-state index in [-0.39, 0.29) is 0 Å². The lowest BCUT2D eigenvalue weighted by Crippen LogP contribution is -2.22. The minimum Gasteiger partial charge on any atom is -0.390 e. The van der Waals surface area contributed by atoms with Crippen molar-refractivity contribution in [3.63, 3.8) is 0 Å². The van der Waals surface area contributed by atoms with Crippen LogP contribution in [0.2, 0.25) is 5.02 Å². The van der Waals surface area contributed by atoms with Crippen molar-refractivity contribution in [3.8, 4) is 0 Å². The summed E-state index contributed by atoms with van der Waals surface area (Å²) >= 11 is 5.99. The minimum atomic E-state index is -0.626. The van der Waals surface area contributed by atoms with Crippen LogP contribution in [0.4, 0.5) is 5.69 Å². The molecule has 3 heteroatoms. The number of benzene rings is 1. The predicted octanol–water partition coefficient (Wildman–Crippen LogP) is 3.22. The Labute approximate surface area is 96.3 Å². The van der Waals surface area contributed by atoms with Crippen LogP contribution in [-0.2, 0) is 0 Å². The van der Waals surface area contributed by atoms with E-state index < -0.39 is 5.60 Å². The Morgan fingerprint density at radius 1 is 1.40 bits per heavy atom. The van der Waals surface area contributed by atoms with Crippen LogP contribution in [0.1, 0.15) is 25.8 Å². The van der Waals surface area contributed by atoms with Gasteiger partial charge in [0.2, 0.25) is 0 Å². The molecule has 1 aromatic carbocycles. The molecule has 2 N–H and O–H groups in total. The maximum absolute atomic E-state index is 9.55. The van der Waals surface area contributed by atoms with Crippen molar-refractivity contribution >= 4 is 17.3 Å². The SMILES string of the molecule is Cc1c(Cl)cccc1NCCC(C)(C)O. The molecule has 0 aromatic heterocycles. The lowest BCUT2D eigenvalue weighted by Gasteiger charge is -2.18. The van der Waals surface area contributed by atoms with Gasteiger partial charge in [0.05, 0.1) is 5.60 Å². The van der Waals surface area contributed by atoms with E-state index in [0.717, 1.165) is 22.8 Å². The van der Waals surface area contributed by atoms with E-state index >= 15 is 0 Å². The molecular weight excluding hydrogens is 210 g/mol. The fourth-order valence-corrected chi connectivity index (χ4v) is 1.48. The number of nitrogens with one attached hydrogen (secondary N) is 1. The van der Waals surface area contributed by atoms with Crippen molar-refractivity contribution in [2.24, 2.45) is 0 Å². The first-order chi connectivity index (χ1) is 6.90. The third kappa shape index (κ3) is 4.10. The molecule has 0 atom stereocenters. The van der Waals surface area contributed by atoms with Gasteiger partial charge in [-0.3, -0.25) is 0 Å². The lowest BCUT2D eigenvalue weighted by atomic mass is 10.1. The third-order valence-corrected chi connectivity index (χ3v) is 2.73. The fourth-order valence-electron chi connectivity index (χ4n) is 1.30. The molecule has 0 amide bonds. The van der Waals surface area contributed by atoms with E-state index in [2.05, 4.69) is 5.32 Å². The molecule has 1 rings (SSSR count). The van der Waals surface area contributed by atoms with Gasteiger partial charge < -0.3 is 10.4 Å². The Bertz CT molecular complexity index is 331. The maximum atomic E-state index is 9.55. The van der Waals surface area contributed by atoms with Crippen molar-refractivity contribution in [1.82, 2.24) is 0 Å². The predicted molar refractivity (Wildman–Crippen MR) is 65.6 cm³/mol. The van der Waals surface area contributed by atoms with Crippen LogP contribution in [-0.4, -0.2) is 17.3 Å². The average molecular weight is 228 g/mol. The van der Waals surface area contributed by atoms with Gasteiger partial charge in [0.15, 0.2) is 0 Å². The highest BCUT2D eigenvalue weighted by molar-refractivity contribution is 6.31. The molecule has 0 heterocycles. The van der Waals surface area contributed by atoms with Gasteiger partial charge in [-0.15, -0.1) is 0 Å². The summed E-state index contributed by atoms with van der Waals surface area (Å²) in [5.41, 5.74) is 1.46. The van der Waals surface area contributed by atoms with E-state index in [1.165, 1.54) is 0 Å². The van der Waals surface area contributed by atoms with Gasteiger partial charge >= 0.3 is 0 Å². The Morgan fingerprint density at radius 3 is 2.67 bits per heavy atom. The largest absolute Gasteiger partial charge is 0.390 e. The summed E-state index contributed by atoms with van der Waals surface area (Å²) in [5.74, 6) is 0. The van der Waals surface area contributed by atoms with Gasteiger partial charge in [-0.05, 0) is 44.9 Å². The highest BCUT2D eigenvalue weighted by atomic mass is 35.5. The standard InChI is InChI=1S/C12H18ClNO/c1-9-10(13)5-4-6-11(9)14-8-7-12(2,3)15/h4-6,14-15H,7-8H2,1-3H3. The van der Waals surface area contributed by atoms with E-state index in [1.807, 2.05) is 25.1 Å². The highest BCUT2D eigenvalue weighted by Crippen LogP contribution is 2.23. The minimum absolute atomic E-state index is 0.626. The zero-order valence-corrected chi connectivity index (χ0v) is 10.2. The summed E-state index contributed by atoms with van der Waals surface area (Å²) in [6, 6.07) is 5.78. The molecule has 0 saturated heterocycles. The van der Waals surface area contributed by atoms with Gasteiger partial charge in [-0.1, -0.05) is 17.7 Å². The maximum Gasteiger partial charge on any atom is 0.0608 e. The molecule has 84 valence electrons. The molecule has 2 nitrogen and oxygen atoms in total. The van der Waals surface area contributed by atoms with Crippen LogP contribution >= 0.6 is 11.6 Å². The number of hydrogen-bond donors (Lipinski definition) is 2. The number of halogens is 1. The first-order valence-electron chi connectivity index (χ1n) is 5.11. The number of hydrogen-bond acceptors (Lipinski definition) is 2. The van der Waals surface area contributed by atoms with Gasteiger partial charge in [0.1, 0.15) is 0 Å². The first-order valence-corrected chi connectivity index (χ1v) is 5.49. The molecule has 0 saturated carbocycles. The second-order valence-electron chi connectivity index (χ2n) is 4.40. The van der Waals surface area contributed by atoms with Crippen LogP contribution in [0.5, 0.6) is 0 Å². The molecule has 0 spiro atoms. The number of aliphatic hydroxyl groups is 1. The molecule has 0 aliphatic carbocycles. The molecule has 0 aliphatic heterocycles. The normalized spacial score (nSPS) is 11.5. The quantitative estimate of drug-likeness (QED) is 0.828. The number of rotatable bonds is 4. The summed E-state index contributed by atoms with van der Waals surface area (Å²) in [7, 11) is 0. The second kappa shape index (κ2) is 4.86. The van der Waals surface area contributed by atoms with Gasteiger partial charge in [0, 0.05) is 17.3 Å². The highest BCUT2D eigenvalue weighted by Gasteiger charge is 2.11. The lowest BCUT2D eigenvalue weighted by molar-refractivity contribution is 0.0749. The average Bonchev–Trinajstić information content (AvgIpc) is 2.10. The summed E-state index contributed by atoms with van der Waals surface area (Å²) in [5, 5.41) is 13.6. The Hall–Kier alpha value is -0.730. The van der Waals surface area contributed by atoms with E-state index in [1.54, 1.807) is 13.8 Å². The van der Waals surface area contributed by atoms with Gasteiger partial charge in [-0.2, -0.15) is 0 Å². The zero-order valence-electron chi connectivity index (χ0n) is 9.47. The first kappa shape index (κ1) is 12.3. The summed E-state index contributed by atoms with van der Waals surface area (Å²) in [6.45, 7) is 6.33. The molecule has 0 aliphatic rings. The van der Waals surface area contributed by atoms with Crippen molar-refractivity contribution in [2.45, 2.75) is 32.8 Å². The van der Waals surface area contributed by atoms with Crippen LogP contribution in [0.25, 0.3) is 0 Å². The van der Waals surface area contributed by atoms with E-state index in [9.17, 15) is 5.11 Å². The monoisotopic (exact) mass is 227 g/mol. The molecule has 0 bridgehead atoms. The molecule has 0 radical (unpaired) electrons. The summed E-state index contributed by atoms with van der Waals surface area (Å²) in [4.78, 5) is 0. The van der Waals surface area contributed by atoms with Crippen molar-refractivity contribution in [2.75, 3.05) is 11.9 Å². The second-order valence-corrected chi connectivity index (χ2v) is 4.81. The van der Waals surface area contributed by atoms with E-state index in [4.69, 9.17) is 11.6 Å². The zero-order chi connectivity index (χ0) is 11.5. The molecule has 15 heavy (non-hydrogen) atoms. The number of anilines is 1. The molecule has 0 fully saturated rings. The molecule has 0 unspecified atom stereocenters. The Kier molecular flexibility index (Phi) is 4.00. The fraction of sp³-hybridized carbons (Fsp3) is 0.500.